The van der Waals surface area contributed by atoms with Gasteiger partial charge in [0.1, 0.15) is 11.6 Å². The molecule has 0 saturated carbocycles. The quantitative estimate of drug-likeness (QED) is 0.689. The zero-order valence-corrected chi connectivity index (χ0v) is 14.4. The number of nitrogens with zero attached hydrogens (tertiary/aromatic N) is 2. The normalized spacial score (nSPS) is 10.5. The molecule has 1 aromatic heterocycles. The van der Waals surface area contributed by atoms with E-state index in [9.17, 15) is 4.39 Å². The van der Waals surface area contributed by atoms with E-state index < -0.39 is 0 Å². The smallest absolute Gasteiger partial charge is 0.229 e. The lowest BCUT2D eigenvalue weighted by Gasteiger charge is -2.10. The van der Waals surface area contributed by atoms with Crippen molar-refractivity contribution in [2.45, 2.75) is 20.3 Å². The van der Waals surface area contributed by atoms with Crippen molar-refractivity contribution < 1.29 is 4.39 Å². The monoisotopic (exact) mass is 336 g/mol. The molecule has 0 aliphatic heterocycles. The van der Waals surface area contributed by atoms with E-state index in [1.807, 2.05) is 37.3 Å². The minimum absolute atomic E-state index is 0.213. The molecule has 2 aromatic carbocycles. The Labute approximate surface area is 147 Å². The highest BCUT2D eigenvalue weighted by atomic mass is 19.1. The largest absolute Gasteiger partial charge is 0.370 e. The lowest BCUT2D eigenvalue weighted by Crippen LogP contribution is -2.08. The van der Waals surface area contributed by atoms with E-state index in [1.165, 1.54) is 17.7 Å². The van der Waals surface area contributed by atoms with E-state index in [4.69, 9.17) is 0 Å². The number of benzene rings is 2. The maximum atomic E-state index is 12.9. The summed E-state index contributed by atoms with van der Waals surface area (Å²) in [5.74, 6) is 1.12. The minimum Gasteiger partial charge on any atom is -0.370 e. The van der Waals surface area contributed by atoms with Gasteiger partial charge in [0, 0.05) is 24.0 Å². The highest BCUT2D eigenvalue weighted by molar-refractivity contribution is 5.55. The van der Waals surface area contributed by atoms with Gasteiger partial charge >= 0.3 is 0 Å². The molecule has 0 saturated heterocycles. The lowest BCUT2D eigenvalue weighted by atomic mass is 10.1. The molecule has 128 valence electrons. The summed E-state index contributed by atoms with van der Waals surface area (Å²) in [5, 5.41) is 6.52. The van der Waals surface area contributed by atoms with E-state index in [0.29, 0.717) is 12.5 Å². The van der Waals surface area contributed by atoms with Crippen LogP contribution in [0.3, 0.4) is 0 Å². The predicted octanol–water partition coefficient (Wildman–Crippen LogP) is 4.63. The number of rotatable bonds is 6. The van der Waals surface area contributed by atoms with Gasteiger partial charge in [0.05, 0.1) is 0 Å². The maximum Gasteiger partial charge on any atom is 0.229 e. The van der Waals surface area contributed by atoms with Crippen molar-refractivity contribution in [3.8, 4) is 0 Å². The molecule has 4 nitrogen and oxygen atoms in total. The van der Waals surface area contributed by atoms with Gasteiger partial charge in [-0.25, -0.2) is 9.37 Å². The topological polar surface area (TPSA) is 49.8 Å². The van der Waals surface area contributed by atoms with Crippen LogP contribution in [0.25, 0.3) is 0 Å². The maximum absolute atomic E-state index is 12.9. The molecule has 0 unspecified atom stereocenters. The summed E-state index contributed by atoms with van der Waals surface area (Å²) in [6, 6.07) is 16.6. The van der Waals surface area contributed by atoms with Crippen LogP contribution in [0.2, 0.25) is 0 Å². The molecular formula is C20H21FN4. The molecule has 0 fully saturated rings. The first-order valence-corrected chi connectivity index (χ1v) is 8.26. The Morgan fingerprint density at radius 1 is 0.920 bits per heavy atom. The number of aryl methyl sites for hydroxylation is 2. The second-order valence-electron chi connectivity index (χ2n) is 6.01. The first-order valence-electron chi connectivity index (χ1n) is 8.26. The van der Waals surface area contributed by atoms with Crippen LogP contribution >= 0.6 is 0 Å². The zero-order chi connectivity index (χ0) is 17.6. The Bertz CT molecular complexity index is 829. The van der Waals surface area contributed by atoms with Crippen molar-refractivity contribution in [3.63, 3.8) is 0 Å². The molecule has 2 N–H and O–H groups in total. The molecule has 0 atom stereocenters. The number of halogens is 1. The van der Waals surface area contributed by atoms with E-state index in [-0.39, 0.29) is 5.82 Å². The average Bonchev–Trinajstić information content (AvgIpc) is 2.58. The summed E-state index contributed by atoms with van der Waals surface area (Å²) in [5.41, 5.74) is 4.12. The molecule has 0 bridgehead atoms. The molecule has 0 aliphatic rings. The van der Waals surface area contributed by atoms with Gasteiger partial charge in [0.15, 0.2) is 0 Å². The van der Waals surface area contributed by atoms with Crippen molar-refractivity contribution in [1.82, 2.24) is 9.97 Å². The predicted molar refractivity (Wildman–Crippen MR) is 99.8 cm³/mol. The fourth-order valence-corrected chi connectivity index (χ4v) is 2.47. The number of hydrogen-bond acceptors (Lipinski definition) is 4. The van der Waals surface area contributed by atoms with Gasteiger partial charge in [-0.05, 0) is 50.1 Å². The molecular weight excluding hydrogens is 315 g/mol. The molecule has 1 heterocycles. The van der Waals surface area contributed by atoms with Crippen LogP contribution in [-0.4, -0.2) is 16.5 Å². The molecule has 3 rings (SSSR count). The van der Waals surface area contributed by atoms with Crippen LogP contribution in [-0.2, 0) is 6.42 Å². The van der Waals surface area contributed by atoms with Gasteiger partial charge in [-0.15, -0.1) is 0 Å². The third-order valence-corrected chi connectivity index (χ3v) is 3.79. The Hall–Kier alpha value is -2.95. The van der Waals surface area contributed by atoms with E-state index in [0.717, 1.165) is 29.2 Å². The van der Waals surface area contributed by atoms with Crippen molar-refractivity contribution >= 4 is 17.5 Å². The van der Waals surface area contributed by atoms with Gasteiger partial charge in [-0.1, -0.05) is 29.8 Å². The van der Waals surface area contributed by atoms with Crippen LogP contribution in [0.15, 0.2) is 54.6 Å². The summed E-state index contributed by atoms with van der Waals surface area (Å²) >= 11 is 0. The highest BCUT2D eigenvalue weighted by Crippen LogP contribution is 2.16. The Kier molecular flexibility index (Phi) is 5.23. The van der Waals surface area contributed by atoms with Crippen molar-refractivity contribution in [2.75, 3.05) is 17.2 Å². The van der Waals surface area contributed by atoms with Crippen LogP contribution in [0.4, 0.5) is 21.8 Å². The lowest BCUT2D eigenvalue weighted by molar-refractivity contribution is 0.627. The van der Waals surface area contributed by atoms with Gasteiger partial charge < -0.3 is 10.6 Å². The van der Waals surface area contributed by atoms with Crippen molar-refractivity contribution in [2.24, 2.45) is 0 Å². The van der Waals surface area contributed by atoms with Gasteiger partial charge in [-0.3, -0.25) is 0 Å². The van der Waals surface area contributed by atoms with Crippen LogP contribution < -0.4 is 10.6 Å². The first-order chi connectivity index (χ1) is 12.1. The average molecular weight is 336 g/mol. The second kappa shape index (κ2) is 7.75. The second-order valence-corrected chi connectivity index (χ2v) is 6.01. The van der Waals surface area contributed by atoms with Crippen LogP contribution in [0, 0.1) is 19.7 Å². The van der Waals surface area contributed by atoms with E-state index in [1.54, 1.807) is 12.1 Å². The van der Waals surface area contributed by atoms with Crippen molar-refractivity contribution in [3.05, 3.63) is 77.2 Å². The van der Waals surface area contributed by atoms with E-state index >= 15 is 0 Å². The molecule has 0 amide bonds. The zero-order valence-electron chi connectivity index (χ0n) is 14.4. The van der Waals surface area contributed by atoms with Crippen molar-refractivity contribution in [1.29, 1.82) is 0 Å². The number of anilines is 3. The third kappa shape index (κ3) is 5.01. The number of aromatic nitrogens is 2. The molecule has 25 heavy (non-hydrogen) atoms. The molecule has 5 heteroatoms. The summed E-state index contributed by atoms with van der Waals surface area (Å²) in [4.78, 5) is 8.93. The third-order valence-electron chi connectivity index (χ3n) is 3.79. The molecule has 0 radical (unpaired) electrons. The fourth-order valence-electron chi connectivity index (χ4n) is 2.47. The Balaban J connectivity index is 1.62. The SMILES string of the molecule is Cc1ccc(Nc2nc(C)cc(NCCc3ccc(F)cc3)n2)cc1. The minimum atomic E-state index is -0.213. The first kappa shape index (κ1) is 16.9. The van der Waals surface area contributed by atoms with E-state index in [2.05, 4.69) is 27.5 Å². The van der Waals surface area contributed by atoms with Crippen LogP contribution in [0.1, 0.15) is 16.8 Å². The highest BCUT2D eigenvalue weighted by Gasteiger charge is 2.03. The summed E-state index contributed by atoms with van der Waals surface area (Å²) in [6.45, 7) is 4.70. The number of hydrogen-bond donors (Lipinski definition) is 2. The standard InChI is InChI=1S/C20H21FN4/c1-14-3-9-18(10-4-14)24-20-23-15(2)13-19(25-20)22-12-11-16-5-7-17(21)8-6-16/h3-10,13H,11-12H2,1-2H3,(H2,22,23,24,25). The Morgan fingerprint density at radius 3 is 2.36 bits per heavy atom. The van der Waals surface area contributed by atoms with Crippen LogP contribution in [0.5, 0.6) is 0 Å². The number of nitrogens with one attached hydrogen (secondary N) is 2. The van der Waals surface area contributed by atoms with Gasteiger partial charge in [0.25, 0.3) is 0 Å². The Morgan fingerprint density at radius 2 is 1.64 bits per heavy atom. The molecule has 0 spiro atoms. The van der Waals surface area contributed by atoms with Gasteiger partial charge in [0.2, 0.25) is 5.95 Å². The summed E-state index contributed by atoms with van der Waals surface area (Å²) in [7, 11) is 0. The van der Waals surface area contributed by atoms with Gasteiger partial charge in [-0.2, -0.15) is 4.98 Å². The summed E-state index contributed by atoms with van der Waals surface area (Å²) < 4.78 is 12.9. The fraction of sp³-hybridized carbons (Fsp3) is 0.200. The summed E-state index contributed by atoms with van der Waals surface area (Å²) in [6.07, 6.45) is 0.796. The molecule has 3 aromatic rings. The molecule has 0 aliphatic carbocycles.